The van der Waals surface area contributed by atoms with Crippen LogP contribution in [0.3, 0.4) is 0 Å². The van der Waals surface area contributed by atoms with E-state index >= 15 is 0 Å². The van der Waals surface area contributed by atoms with Gasteiger partial charge in [-0.3, -0.25) is 0 Å². The molecule has 0 N–H and O–H groups in total. The summed E-state index contributed by atoms with van der Waals surface area (Å²) in [6.45, 7) is 6.16. The number of hydrogen-bond acceptors (Lipinski definition) is 0. The average Bonchev–Trinajstić information content (AvgIpc) is 2.20. The second-order valence-corrected chi connectivity index (χ2v) is 2.20. The summed E-state index contributed by atoms with van der Waals surface area (Å²) in [5, 5.41) is 0. The third-order valence-electron chi connectivity index (χ3n) is 1.16. The zero-order valence-corrected chi connectivity index (χ0v) is 9.06. The van der Waals surface area contributed by atoms with Crippen molar-refractivity contribution in [1.82, 2.24) is 0 Å². The lowest BCUT2D eigenvalue weighted by Gasteiger charge is -1.80. The molecule has 0 amide bonds. The SMILES string of the molecule is C#CCC#CCC=CCCC.CC. The predicted octanol–water partition coefficient (Wildman–Crippen LogP) is 3.79. The Balaban J connectivity index is 0. The van der Waals surface area contributed by atoms with Crippen LogP contribution in [0.15, 0.2) is 12.2 Å². The maximum Gasteiger partial charge on any atom is 0.0700 e. The van der Waals surface area contributed by atoms with Crippen molar-refractivity contribution in [3.63, 3.8) is 0 Å². The quantitative estimate of drug-likeness (QED) is 0.453. The first-order valence-electron chi connectivity index (χ1n) is 4.96. The molecule has 0 nitrogen and oxygen atoms in total. The molecule has 0 heterocycles. The van der Waals surface area contributed by atoms with Crippen LogP contribution >= 0.6 is 0 Å². The average molecular weight is 176 g/mol. The highest BCUT2D eigenvalue weighted by molar-refractivity contribution is 5.10. The molecular formula is C13H20. The topological polar surface area (TPSA) is 0 Å². The number of hydrogen-bond donors (Lipinski definition) is 0. The molecule has 0 spiro atoms. The summed E-state index contributed by atoms with van der Waals surface area (Å²) in [5.41, 5.74) is 0. The summed E-state index contributed by atoms with van der Waals surface area (Å²) in [6.07, 6.45) is 13.0. The molecule has 0 heteroatoms. The van der Waals surface area contributed by atoms with Crippen LogP contribution in [0.2, 0.25) is 0 Å². The minimum absolute atomic E-state index is 0.571. The van der Waals surface area contributed by atoms with Crippen LogP contribution in [-0.2, 0) is 0 Å². The summed E-state index contributed by atoms with van der Waals surface area (Å²) in [7, 11) is 0. The fourth-order valence-corrected chi connectivity index (χ4v) is 0.612. The van der Waals surface area contributed by atoms with Gasteiger partial charge in [0.15, 0.2) is 0 Å². The highest BCUT2D eigenvalue weighted by atomic mass is 13.8. The summed E-state index contributed by atoms with van der Waals surface area (Å²) < 4.78 is 0. The third kappa shape index (κ3) is 18.1. The van der Waals surface area contributed by atoms with Crippen molar-refractivity contribution >= 4 is 0 Å². The summed E-state index contributed by atoms with van der Waals surface area (Å²) in [5.74, 6) is 8.31. The minimum atomic E-state index is 0.571. The van der Waals surface area contributed by atoms with Crippen LogP contribution in [0.1, 0.15) is 46.5 Å². The van der Waals surface area contributed by atoms with Crippen LogP contribution < -0.4 is 0 Å². The van der Waals surface area contributed by atoms with Crippen LogP contribution in [0.25, 0.3) is 0 Å². The first kappa shape index (κ1) is 14.4. The number of allylic oxidation sites excluding steroid dienone is 2. The van der Waals surface area contributed by atoms with Gasteiger partial charge in [-0.2, -0.15) is 0 Å². The highest BCUT2D eigenvalue weighted by Crippen LogP contribution is 1.89. The van der Waals surface area contributed by atoms with Gasteiger partial charge in [0.1, 0.15) is 0 Å². The van der Waals surface area contributed by atoms with Gasteiger partial charge in [0.2, 0.25) is 0 Å². The van der Waals surface area contributed by atoms with Crippen LogP contribution in [0.5, 0.6) is 0 Å². The third-order valence-corrected chi connectivity index (χ3v) is 1.16. The maximum atomic E-state index is 5.02. The van der Waals surface area contributed by atoms with E-state index in [0.717, 1.165) is 12.8 Å². The molecule has 0 unspecified atom stereocenters. The van der Waals surface area contributed by atoms with Crippen molar-refractivity contribution in [3.8, 4) is 24.2 Å². The van der Waals surface area contributed by atoms with E-state index in [2.05, 4.69) is 36.8 Å². The Bertz CT molecular complexity index is 192. The molecule has 0 fully saturated rings. The van der Waals surface area contributed by atoms with Gasteiger partial charge in [0.05, 0.1) is 6.42 Å². The number of rotatable bonds is 3. The molecule has 13 heavy (non-hydrogen) atoms. The molecular weight excluding hydrogens is 156 g/mol. The Labute approximate surface area is 83.4 Å². The fraction of sp³-hybridized carbons (Fsp3) is 0.538. The van der Waals surface area contributed by atoms with Crippen molar-refractivity contribution in [3.05, 3.63) is 12.2 Å². The van der Waals surface area contributed by atoms with E-state index in [1.807, 2.05) is 13.8 Å². The van der Waals surface area contributed by atoms with Gasteiger partial charge < -0.3 is 0 Å². The predicted molar refractivity (Wildman–Crippen MR) is 61.2 cm³/mol. The first-order chi connectivity index (χ1) is 6.41. The van der Waals surface area contributed by atoms with Crippen LogP contribution in [0, 0.1) is 24.2 Å². The van der Waals surface area contributed by atoms with Crippen molar-refractivity contribution in [2.45, 2.75) is 46.5 Å². The molecule has 0 atom stereocenters. The molecule has 0 aromatic carbocycles. The number of terminal acetylenes is 1. The summed E-state index contributed by atoms with van der Waals surface area (Å²) in [4.78, 5) is 0. The largest absolute Gasteiger partial charge is 0.119 e. The molecule has 0 radical (unpaired) electrons. The lowest BCUT2D eigenvalue weighted by atomic mass is 10.3. The van der Waals surface area contributed by atoms with Crippen LogP contribution in [0.4, 0.5) is 0 Å². The van der Waals surface area contributed by atoms with E-state index in [0.29, 0.717) is 6.42 Å². The molecule has 0 aliphatic carbocycles. The molecule has 0 aromatic rings. The highest BCUT2D eigenvalue weighted by Gasteiger charge is 1.71. The summed E-state index contributed by atoms with van der Waals surface area (Å²) in [6, 6.07) is 0. The molecule has 72 valence electrons. The molecule has 0 aliphatic rings. The molecule has 0 saturated heterocycles. The van der Waals surface area contributed by atoms with Crippen molar-refractivity contribution < 1.29 is 0 Å². The Morgan fingerprint density at radius 2 is 1.85 bits per heavy atom. The normalized spacial score (nSPS) is 7.85. The first-order valence-corrected chi connectivity index (χ1v) is 4.96. The second-order valence-electron chi connectivity index (χ2n) is 2.20. The van der Waals surface area contributed by atoms with E-state index in [1.54, 1.807) is 0 Å². The van der Waals surface area contributed by atoms with Gasteiger partial charge in [-0.05, 0) is 6.42 Å². The monoisotopic (exact) mass is 176 g/mol. The lowest BCUT2D eigenvalue weighted by molar-refractivity contribution is 0.955. The maximum absolute atomic E-state index is 5.02. The van der Waals surface area contributed by atoms with Gasteiger partial charge in [0.25, 0.3) is 0 Å². The molecule has 0 saturated carbocycles. The minimum Gasteiger partial charge on any atom is -0.119 e. The van der Waals surface area contributed by atoms with Gasteiger partial charge in [-0.15, -0.1) is 6.42 Å². The van der Waals surface area contributed by atoms with E-state index in [9.17, 15) is 0 Å². The van der Waals surface area contributed by atoms with Crippen molar-refractivity contribution in [1.29, 1.82) is 0 Å². The molecule has 0 rings (SSSR count). The van der Waals surface area contributed by atoms with E-state index < -0.39 is 0 Å². The standard InChI is InChI=1S/C11H14.C2H6/c1-3-5-7-9-11-10-8-6-4-2;1-2/h1,8,10H,4-6,11H2,2H3;1-2H3. The Hall–Kier alpha value is -1.14. The van der Waals surface area contributed by atoms with E-state index in [1.165, 1.54) is 6.42 Å². The Kier molecular flexibility index (Phi) is 18.9. The van der Waals surface area contributed by atoms with E-state index in [-0.39, 0.29) is 0 Å². The molecule has 0 aromatic heterocycles. The van der Waals surface area contributed by atoms with E-state index in [4.69, 9.17) is 6.42 Å². The van der Waals surface area contributed by atoms with Gasteiger partial charge in [-0.1, -0.05) is 57.1 Å². The summed E-state index contributed by atoms with van der Waals surface area (Å²) >= 11 is 0. The molecule has 0 bridgehead atoms. The van der Waals surface area contributed by atoms with Crippen molar-refractivity contribution in [2.75, 3.05) is 0 Å². The van der Waals surface area contributed by atoms with Gasteiger partial charge in [0, 0.05) is 6.42 Å². The van der Waals surface area contributed by atoms with Gasteiger partial charge >= 0.3 is 0 Å². The zero-order chi connectivity index (χ0) is 10.4. The Morgan fingerprint density at radius 1 is 1.15 bits per heavy atom. The number of unbranched alkanes of at least 4 members (excludes halogenated alkanes) is 1. The lowest BCUT2D eigenvalue weighted by Crippen LogP contribution is -1.63. The zero-order valence-electron chi connectivity index (χ0n) is 9.06. The fourth-order valence-electron chi connectivity index (χ4n) is 0.612. The Morgan fingerprint density at radius 3 is 2.38 bits per heavy atom. The smallest absolute Gasteiger partial charge is 0.0700 e. The van der Waals surface area contributed by atoms with Crippen LogP contribution in [-0.4, -0.2) is 0 Å². The van der Waals surface area contributed by atoms with Crippen molar-refractivity contribution in [2.24, 2.45) is 0 Å². The van der Waals surface area contributed by atoms with Gasteiger partial charge in [-0.25, -0.2) is 0 Å². The molecule has 0 aliphatic heterocycles. The second kappa shape index (κ2) is 17.1.